The van der Waals surface area contributed by atoms with E-state index in [0.29, 0.717) is 0 Å². The van der Waals surface area contributed by atoms with Gasteiger partial charge in [0.1, 0.15) is 0 Å². The summed E-state index contributed by atoms with van der Waals surface area (Å²) in [6.07, 6.45) is 1.12. The van der Waals surface area contributed by atoms with Crippen LogP contribution in [0.1, 0.15) is 5.56 Å². The first-order valence-corrected chi connectivity index (χ1v) is 7.37. The van der Waals surface area contributed by atoms with Crippen LogP contribution in [0.5, 0.6) is 0 Å². The Balaban J connectivity index is 2.42. The fraction of sp³-hybridized carbons (Fsp3) is 0.300. The minimum Gasteiger partial charge on any atom is -0.285 e. The third-order valence-electron chi connectivity index (χ3n) is 2.32. The van der Waals surface area contributed by atoms with E-state index in [9.17, 15) is 13.2 Å². The molecule has 86 valence electrons. The third-order valence-corrected chi connectivity index (χ3v) is 4.49. The number of hydrogen-bond donors (Lipinski definition) is 0. The van der Waals surface area contributed by atoms with Crippen LogP contribution in [0.15, 0.2) is 29.2 Å². The second-order valence-electron chi connectivity index (χ2n) is 3.61. The molecule has 0 atom stereocenters. The Morgan fingerprint density at radius 1 is 1.25 bits per heavy atom. The summed E-state index contributed by atoms with van der Waals surface area (Å²) in [5.74, 6) is 0. The molecule has 1 aliphatic rings. The lowest BCUT2D eigenvalue weighted by molar-refractivity contribution is -0.111. The van der Waals surface area contributed by atoms with Gasteiger partial charge >= 0.3 is 0 Å². The highest BCUT2D eigenvalue weighted by Crippen LogP contribution is 2.28. The molecule has 4 nitrogen and oxygen atoms in total. The number of sulfonamides is 1. The first-order chi connectivity index (χ1) is 7.47. The summed E-state index contributed by atoms with van der Waals surface area (Å²) in [5.41, 5.74) is 0.878. The molecule has 0 spiro atoms. The zero-order valence-electron chi connectivity index (χ0n) is 8.71. The predicted octanol–water partition coefficient (Wildman–Crippen LogP) is 1.08. The maximum atomic E-state index is 11.6. The molecule has 0 radical (unpaired) electrons. The van der Waals surface area contributed by atoms with Gasteiger partial charge in [-0.2, -0.15) is 4.31 Å². The largest absolute Gasteiger partial charge is 0.285 e. The fourth-order valence-electron chi connectivity index (χ4n) is 1.51. The Labute approximate surface area is 98.7 Å². The third kappa shape index (κ3) is 2.45. The van der Waals surface area contributed by atoms with Crippen molar-refractivity contribution in [2.75, 3.05) is 12.8 Å². The van der Waals surface area contributed by atoms with E-state index in [1.165, 1.54) is 4.31 Å². The molecule has 6 heteroatoms. The minimum absolute atomic E-state index is 0.0574. The van der Waals surface area contributed by atoms with E-state index in [1.54, 1.807) is 0 Å². The first-order valence-electron chi connectivity index (χ1n) is 4.70. The second kappa shape index (κ2) is 4.20. The molecular formula is C10H11NO3S2. The summed E-state index contributed by atoms with van der Waals surface area (Å²) < 4.78 is 24.1. The molecule has 0 aromatic heterocycles. The molecule has 16 heavy (non-hydrogen) atoms. The van der Waals surface area contributed by atoms with Crippen LogP contribution in [0.25, 0.3) is 0 Å². The molecular weight excluding hydrogens is 246 g/mol. The van der Waals surface area contributed by atoms with Crippen LogP contribution in [-0.4, -0.2) is 30.6 Å². The molecule has 1 heterocycles. The average molecular weight is 257 g/mol. The van der Waals surface area contributed by atoms with Gasteiger partial charge in [0.25, 0.3) is 0 Å². The molecule has 1 aliphatic heterocycles. The Morgan fingerprint density at radius 2 is 1.94 bits per heavy atom. The van der Waals surface area contributed by atoms with Crippen molar-refractivity contribution in [3.05, 3.63) is 29.8 Å². The number of fused-ring (bicyclic) bond motifs is 1. The maximum absolute atomic E-state index is 11.6. The van der Waals surface area contributed by atoms with Crippen molar-refractivity contribution >= 4 is 26.9 Å². The van der Waals surface area contributed by atoms with Crippen LogP contribution in [0, 0.1) is 0 Å². The monoisotopic (exact) mass is 257 g/mol. The average Bonchev–Trinajstić information content (AvgIpc) is 2.34. The maximum Gasteiger partial charge on any atom is 0.211 e. The van der Waals surface area contributed by atoms with Gasteiger partial charge in [-0.25, -0.2) is 8.42 Å². The zero-order valence-corrected chi connectivity index (χ0v) is 10.3. The van der Waals surface area contributed by atoms with E-state index in [1.807, 2.05) is 24.3 Å². The van der Waals surface area contributed by atoms with Crippen molar-refractivity contribution in [2.45, 2.75) is 11.4 Å². The summed E-state index contributed by atoms with van der Waals surface area (Å²) in [4.78, 5) is 12.4. The molecule has 1 aromatic carbocycles. The molecule has 0 amide bonds. The Kier molecular flexibility index (Phi) is 3.05. The molecule has 2 rings (SSSR count). The lowest BCUT2D eigenvalue weighted by Crippen LogP contribution is -2.32. The quantitative estimate of drug-likeness (QED) is 0.755. The van der Waals surface area contributed by atoms with Gasteiger partial charge in [0.15, 0.2) is 0 Å². The van der Waals surface area contributed by atoms with Gasteiger partial charge in [0.05, 0.1) is 12.8 Å². The van der Waals surface area contributed by atoms with Gasteiger partial charge in [-0.05, 0) is 11.6 Å². The number of thioether (sulfide) groups is 1. The number of benzene rings is 1. The lowest BCUT2D eigenvalue weighted by atomic mass is 10.2. The number of hydrogen-bond acceptors (Lipinski definition) is 4. The number of carbonyl (C=O) groups is 1. The highest BCUT2D eigenvalue weighted by atomic mass is 32.2. The lowest BCUT2D eigenvalue weighted by Gasteiger charge is -2.16. The normalized spacial score (nSPS) is 17.9. The van der Waals surface area contributed by atoms with Crippen LogP contribution in [0.2, 0.25) is 0 Å². The van der Waals surface area contributed by atoms with Crippen molar-refractivity contribution in [3.63, 3.8) is 0 Å². The van der Waals surface area contributed by atoms with Crippen molar-refractivity contribution < 1.29 is 13.2 Å². The van der Waals surface area contributed by atoms with Crippen molar-refractivity contribution in [1.82, 2.24) is 4.31 Å². The highest BCUT2D eigenvalue weighted by Gasteiger charge is 2.25. The van der Waals surface area contributed by atoms with E-state index < -0.39 is 10.0 Å². The molecule has 0 N–H and O–H groups in total. The van der Waals surface area contributed by atoms with Gasteiger partial charge in [0, 0.05) is 11.4 Å². The second-order valence-corrected chi connectivity index (χ2v) is 6.69. The van der Waals surface area contributed by atoms with Gasteiger partial charge in [-0.1, -0.05) is 30.0 Å². The van der Waals surface area contributed by atoms with Gasteiger partial charge in [-0.15, -0.1) is 0 Å². The van der Waals surface area contributed by atoms with Crippen LogP contribution in [0.4, 0.5) is 0 Å². The molecule has 0 unspecified atom stereocenters. The Bertz CT molecular complexity index is 525. The SMILES string of the molecule is CS(=O)(=O)N1CC(=O)Sc2ccccc2C1. The Morgan fingerprint density at radius 3 is 2.62 bits per heavy atom. The zero-order chi connectivity index (χ0) is 11.8. The molecule has 0 bridgehead atoms. The summed E-state index contributed by atoms with van der Waals surface area (Å²) in [7, 11) is -3.33. The smallest absolute Gasteiger partial charge is 0.211 e. The summed E-state index contributed by atoms with van der Waals surface area (Å²) in [6.45, 7) is 0.214. The number of nitrogens with zero attached hydrogens (tertiary/aromatic N) is 1. The summed E-state index contributed by atoms with van der Waals surface area (Å²) in [6, 6.07) is 7.37. The highest BCUT2D eigenvalue weighted by molar-refractivity contribution is 8.13. The van der Waals surface area contributed by atoms with Crippen LogP contribution in [0.3, 0.4) is 0 Å². The summed E-state index contributed by atoms with van der Waals surface area (Å²) in [5, 5.41) is -0.143. The number of carbonyl (C=O) groups excluding carboxylic acids is 1. The van der Waals surface area contributed by atoms with Crippen molar-refractivity contribution in [1.29, 1.82) is 0 Å². The topological polar surface area (TPSA) is 54.5 Å². The van der Waals surface area contributed by atoms with Crippen LogP contribution in [-0.2, 0) is 21.4 Å². The standard InChI is InChI=1S/C10H11NO3S2/c1-16(13,14)11-6-8-4-2-3-5-9(8)15-10(12)7-11/h2-5H,6-7H2,1H3. The van der Waals surface area contributed by atoms with Crippen LogP contribution >= 0.6 is 11.8 Å². The molecule has 1 aromatic rings. The molecule has 0 saturated heterocycles. The van der Waals surface area contributed by atoms with E-state index in [2.05, 4.69) is 0 Å². The number of rotatable bonds is 1. The van der Waals surface area contributed by atoms with E-state index in [4.69, 9.17) is 0 Å². The van der Waals surface area contributed by atoms with Crippen molar-refractivity contribution in [3.8, 4) is 0 Å². The molecule has 0 saturated carbocycles. The van der Waals surface area contributed by atoms with E-state index in [-0.39, 0.29) is 18.2 Å². The predicted molar refractivity (Wildman–Crippen MR) is 62.6 cm³/mol. The van der Waals surface area contributed by atoms with Crippen LogP contribution < -0.4 is 0 Å². The summed E-state index contributed by atoms with van der Waals surface area (Å²) >= 11 is 1.11. The Hall–Kier alpha value is -0.850. The molecule has 0 fully saturated rings. The molecule has 0 aliphatic carbocycles. The fourth-order valence-corrected chi connectivity index (χ4v) is 3.20. The van der Waals surface area contributed by atoms with Crippen molar-refractivity contribution in [2.24, 2.45) is 0 Å². The van der Waals surface area contributed by atoms with Gasteiger partial charge in [-0.3, -0.25) is 4.79 Å². The van der Waals surface area contributed by atoms with E-state index >= 15 is 0 Å². The van der Waals surface area contributed by atoms with Gasteiger partial charge in [0.2, 0.25) is 15.1 Å². The van der Waals surface area contributed by atoms with Gasteiger partial charge < -0.3 is 0 Å². The van der Waals surface area contributed by atoms with E-state index in [0.717, 1.165) is 28.5 Å². The first kappa shape index (κ1) is 11.6. The minimum atomic E-state index is -3.33.